The molecule has 3 rings (SSSR count). The first-order valence-corrected chi connectivity index (χ1v) is 10.4. The average molecular weight is 557 g/mol. The van der Waals surface area contributed by atoms with Gasteiger partial charge in [-0.25, -0.2) is 9.67 Å². The van der Waals surface area contributed by atoms with Crippen LogP contribution in [-0.2, 0) is 12.1 Å². The van der Waals surface area contributed by atoms with Gasteiger partial charge < -0.3 is 5.73 Å². The van der Waals surface area contributed by atoms with Crippen LogP contribution in [0, 0.1) is 0 Å². The van der Waals surface area contributed by atoms with E-state index >= 15 is 0 Å². The Morgan fingerprint density at radius 2 is 1.44 bits per heavy atom. The lowest BCUT2D eigenvalue weighted by Crippen LogP contribution is -2.35. The molecule has 0 fully saturated rings. The van der Waals surface area contributed by atoms with E-state index in [0.29, 0.717) is 0 Å². The molecule has 0 radical (unpaired) electrons. The fourth-order valence-electron chi connectivity index (χ4n) is 2.72. The second kappa shape index (κ2) is 6.52. The zero-order chi connectivity index (χ0) is 26.3. The summed E-state index contributed by atoms with van der Waals surface area (Å²) in [6, 6.07) is -0.866. The maximum Gasteiger partial charge on any atom is 0.459 e. The van der Waals surface area contributed by atoms with Gasteiger partial charge in [0.05, 0.1) is 21.7 Å². The summed E-state index contributed by atoms with van der Waals surface area (Å²) in [5.41, 5.74) is -1.27. The van der Waals surface area contributed by atoms with E-state index in [4.69, 9.17) is 17.3 Å². The number of halogens is 14. The first-order valence-electron chi connectivity index (χ1n) is 8.10. The largest absolute Gasteiger partial charge is 0.459 e. The van der Waals surface area contributed by atoms with Crippen molar-refractivity contribution in [2.75, 3.05) is 5.73 Å². The Labute approximate surface area is 183 Å². The highest BCUT2D eigenvalue weighted by atomic mass is 35.5. The molecule has 0 saturated carbocycles. The van der Waals surface area contributed by atoms with Crippen LogP contribution in [0.2, 0.25) is 5.02 Å². The molecule has 4 nitrogen and oxygen atoms in total. The first-order chi connectivity index (χ1) is 14.8. The Kier molecular flexibility index (Phi) is 4.99. The highest BCUT2D eigenvalue weighted by molar-refractivity contribution is 8.45. The summed E-state index contributed by atoms with van der Waals surface area (Å²) in [5, 5.41) is 0.780. The summed E-state index contributed by atoms with van der Waals surface area (Å²) in [4.78, 5) is 0.303. The van der Waals surface area contributed by atoms with Crippen LogP contribution in [0.4, 0.5) is 60.4 Å². The van der Waals surface area contributed by atoms with Crippen LogP contribution in [0.3, 0.4) is 0 Å². The van der Waals surface area contributed by atoms with Crippen LogP contribution >= 0.6 is 21.8 Å². The predicted octanol–water partition coefficient (Wildman–Crippen LogP) is 7.99. The van der Waals surface area contributed by atoms with Gasteiger partial charge in [0.1, 0.15) is 16.4 Å². The van der Waals surface area contributed by atoms with E-state index in [1.807, 2.05) is 0 Å². The van der Waals surface area contributed by atoms with Crippen LogP contribution in [-0.4, -0.2) is 20.9 Å². The molecule has 2 heterocycles. The molecule has 190 valence electrons. The van der Waals surface area contributed by atoms with Crippen LogP contribution < -0.4 is 5.73 Å². The summed E-state index contributed by atoms with van der Waals surface area (Å²) in [5.74, 6) is -7.00. The third-order valence-corrected chi connectivity index (χ3v) is 5.70. The number of alkyl halides is 8. The molecule has 2 N–H and O–H groups in total. The standard InChI is InChI=1S/C15H6ClF13N4S/c16-7-3-5(34(25,26,27,28)29)1-2-8(7)33-11(30)10-6(14(19,20)21)4-9(31-12(10)32-33)13(17,18)15(22,23)24/h1-4H,30H2. The van der Waals surface area contributed by atoms with E-state index in [2.05, 4.69) is 10.1 Å². The lowest BCUT2D eigenvalue weighted by Gasteiger charge is -2.40. The lowest BCUT2D eigenvalue weighted by atomic mass is 10.1. The number of nitrogen functional groups attached to an aromatic ring is 1. The Morgan fingerprint density at radius 3 is 1.88 bits per heavy atom. The second-order valence-electron chi connectivity index (χ2n) is 6.70. The van der Waals surface area contributed by atoms with Crippen molar-refractivity contribution >= 4 is 38.7 Å². The highest BCUT2D eigenvalue weighted by Gasteiger charge is 2.65. The second-order valence-corrected chi connectivity index (χ2v) is 9.52. The van der Waals surface area contributed by atoms with Gasteiger partial charge in [-0.2, -0.15) is 35.1 Å². The van der Waals surface area contributed by atoms with E-state index in [9.17, 15) is 54.6 Å². The third kappa shape index (κ3) is 4.39. The molecule has 0 aliphatic heterocycles. The minimum Gasteiger partial charge on any atom is -0.383 e. The van der Waals surface area contributed by atoms with Crippen molar-refractivity contribution in [1.29, 1.82) is 0 Å². The molecule has 1 aromatic carbocycles. The highest BCUT2D eigenvalue weighted by Crippen LogP contribution is 3.02. The third-order valence-electron chi connectivity index (χ3n) is 4.26. The van der Waals surface area contributed by atoms with Gasteiger partial charge in [0, 0.05) is 0 Å². The van der Waals surface area contributed by atoms with Gasteiger partial charge in [-0.1, -0.05) is 31.0 Å². The van der Waals surface area contributed by atoms with Crippen molar-refractivity contribution in [1.82, 2.24) is 14.8 Å². The van der Waals surface area contributed by atoms with Crippen LogP contribution in [0.5, 0.6) is 0 Å². The summed E-state index contributed by atoms with van der Waals surface area (Å²) in [6.45, 7) is 0. The Morgan fingerprint density at radius 1 is 0.882 bits per heavy atom. The van der Waals surface area contributed by atoms with Crippen molar-refractivity contribution in [2.45, 2.75) is 23.2 Å². The predicted molar refractivity (Wildman–Crippen MR) is 94.6 cm³/mol. The molecule has 0 saturated heterocycles. The molecule has 0 bridgehead atoms. The molecule has 3 aromatic rings. The van der Waals surface area contributed by atoms with E-state index < -0.39 is 78.3 Å². The molecule has 0 spiro atoms. The normalized spacial score (nSPS) is 15.9. The van der Waals surface area contributed by atoms with Gasteiger partial charge in [0.2, 0.25) is 0 Å². The van der Waals surface area contributed by atoms with Gasteiger partial charge in [-0.15, -0.1) is 5.10 Å². The number of anilines is 1. The summed E-state index contributed by atoms with van der Waals surface area (Å²) >= 11 is 5.54. The first kappa shape index (κ1) is 26.0. The fourth-order valence-corrected chi connectivity index (χ4v) is 3.71. The molecule has 34 heavy (non-hydrogen) atoms. The lowest BCUT2D eigenvalue weighted by molar-refractivity contribution is -0.291. The number of nitrogens with two attached hydrogens (primary N) is 1. The fraction of sp³-hybridized carbons (Fsp3) is 0.200. The Hall–Kier alpha value is -2.63. The van der Waals surface area contributed by atoms with Crippen LogP contribution in [0.15, 0.2) is 29.2 Å². The Bertz CT molecular complexity index is 1310. The zero-order valence-corrected chi connectivity index (χ0v) is 17.0. The molecule has 0 unspecified atom stereocenters. The van der Waals surface area contributed by atoms with Gasteiger partial charge >= 0.3 is 28.5 Å². The number of nitrogens with zero attached hydrogens (tertiary/aromatic N) is 3. The minimum atomic E-state index is -10.2. The SMILES string of the molecule is Nc1c2c(C(F)(F)F)cc(C(F)(F)C(F)(F)F)nc2nn1-c1ccc(S(F)(F)(F)(F)F)cc1Cl. The van der Waals surface area contributed by atoms with Crippen molar-refractivity contribution in [2.24, 2.45) is 0 Å². The van der Waals surface area contributed by atoms with E-state index in [-0.39, 0.29) is 22.9 Å². The molecule has 0 aliphatic rings. The topological polar surface area (TPSA) is 56.7 Å². The van der Waals surface area contributed by atoms with Crippen molar-refractivity contribution in [3.63, 3.8) is 0 Å². The molecule has 2 aromatic heterocycles. The van der Waals surface area contributed by atoms with Crippen molar-refractivity contribution < 1.29 is 54.6 Å². The molecule has 0 aliphatic carbocycles. The number of fused-ring (bicyclic) bond motifs is 1. The van der Waals surface area contributed by atoms with Crippen molar-refractivity contribution in [3.05, 3.63) is 40.5 Å². The molecule has 0 atom stereocenters. The van der Waals surface area contributed by atoms with Gasteiger partial charge in [0.15, 0.2) is 5.65 Å². The van der Waals surface area contributed by atoms with Crippen LogP contribution in [0.1, 0.15) is 11.3 Å². The number of benzene rings is 1. The molecule has 0 amide bonds. The monoisotopic (exact) mass is 556 g/mol. The van der Waals surface area contributed by atoms with Gasteiger partial charge in [0.25, 0.3) is 0 Å². The Balaban J connectivity index is 2.34. The summed E-state index contributed by atoms with van der Waals surface area (Å²) < 4.78 is 170. The quantitative estimate of drug-likeness (QED) is 0.333. The van der Waals surface area contributed by atoms with E-state index in [0.717, 1.165) is 0 Å². The molecular weight excluding hydrogens is 551 g/mol. The summed E-state index contributed by atoms with van der Waals surface area (Å²) in [7, 11) is -10.2. The maximum atomic E-state index is 13.7. The number of aromatic nitrogens is 3. The maximum absolute atomic E-state index is 13.7. The number of hydrogen-bond acceptors (Lipinski definition) is 3. The van der Waals surface area contributed by atoms with E-state index in [1.165, 1.54) is 0 Å². The zero-order valence-electron chi connectivity index (χ0n) is 15.4. The smallest absolute Gasteiger partial charge is 0.383 e. The van der Waals surface area contributed by atoms with Crippen molar-refractivity contribution in [3.8, 4) is 5.69 Å². The number of rotatable bonds is 3. The molecular formula is C15H6ClF13N4S. The van der Waals surface area contributed by atoms with Crippen LogP contribution in [0.25, 0.3) is 16.7 Å². The number of hydrogen-bond donors (Lipinski definition) is 1. The average Bonchev–Trinajstić information content (AvgIpc) is 2.93. The summed E-state index contributed by atoms with van der Waals surface area (Å²) in [6.07, 6.45) is -11.9. The van der Waals surface area contributed by atoms with Gasteiger partial charge in [-0.05, 0) is 24.3 Å². The van der Waals surface area contributed by atoms with Gasteiger partial charge in [-0.3, -0.25) is 0 Å². The minimum absolute atomic E-state index is 0.125. The van der Waals surface area contributed by atoms with E-state index in [1.54, 1.807) is 0 Å². The molecule has 19 heteroatoms. The number of pyridine rings is 1.